The van der Waals surface area contributed by atoms with Gasteiger partial charge in [0.25, 0.3) is 0 Å². The van der Waals surface area contributed by atoms with Crippen LogP contribution in [-0.4, -0.2) is 115 Å². The van der Waals surface area contributed by atoms with Gasteiger partial charge in [-0.1, -0.05) is 18.2 Å². The predicted molar refractivity (Wildman–Crippen MR) is 155 cm³/mol. The van der Waals surface area contributed by atoms with Gasteiger partial charge in [0, 0.05) is 23.6 Å². The van der Waals surface area contributed by atoms with E-state index in [1.54, 1.807) is 30.5 Å². The molecule has 248 valence electrons. The fourth-order valence-electron chi connectivity index (χ4n) is 5.08. The van der Waals surface area contributed by atoms with Crippen molar-refractivity contribution in [3.63, 3.8) is 0 Å². The number of hydrogen-bond donors (Lipinski definition) is 9. The van der Waals surface area contributed by atoms with E-state index >= 15 is 0 Å². The number of benzene rings is 1. The third kappa shape index (κ3) is 9.24. The number of para-hydroxylation sites is 1. The first-order valence-electron chi connectivity index (χ1n) is 14.1. The van der Waals surface area contributed by atoms with Gasteiger partial charge >= 0.3 is 23.9 Å². The molecule has 1 aromatic carbocycles. The van der Waals surface area contributed by atoms with Gasteiger partial charge < -0.3 is 52.0 Å². The number of nitrogens with one attached hydrogen (secondary N) is 4. The molecule has 18 nitrogen and oxygen atoms in total. The molecule has 18 heteroatoms. The normalized spacial score (nSPS) is 16.9. The number of aromatic nitrogens is 1. The van der Waals surface area contributed by atoms with E-state index in [2.05, 4.69) is 15.6 Å². The van der Waals surface area contributed by atoms with Crippen LogP contribution in [0.15, 0.2) is 30.5 Å². The molecule has 2 heterocycles. The summed E-state index contributed by atoms with van der Waals surface area (Å²) >= 11 is 0. The van der Waals surface area contributed by atoms with E-state index in [-0.39, 0.29) is 19.4 Å². The predicted octanol–water partition coefficient (Wildman–Crippen LogP) is -2.01. The van der Waals surface area contributed by atoms with Crippen molar-refractivity contribution in [1.82, 2.24) is 25.8 Å². The Morgan fingerprint density at radius 2 is 1.33 bits per heavy atom. The zero-order valence-corrected chi connectivity index (χ0v) is 24.3. The van der Waals surface area contributed by atoms with Crippen LogP contribution in [0.3, 0.4) is 0 Å². The zero-order valence-electron chi connectivity index (χ0n) is 24.3. The molecule has 46 heavy (non-hydrogen) atoms. The van der Waals surface area contributed by atoms with Gasteiger partial charge in [-0.15, -0.1) is 0 Å². The number of aromatic amines is 1. The maximum atomic E-state index is 13.1. The minimum Gasteiger partial charge on any atom is -0.481 e. The molecular formula is C28H34N6O12. The van der Waals surface area contributed by atoms with Crippen LogP contribution in [0.4, 0.5) is 0 Å². The van der Waals surface area contributed by atoms with Crippen molar-refractivity contribution in [3.05, 3.63) is 36.0 Å². The van der Waals surface area contributed by atoms with E-state index < -0.39 is 97.0 Å². The van der Waals surface area contributed by atoms with Crippen molar-refractivity contribution < 1.29 is 58.8 Å². The Morgan fingerprint density at radius 3 is 1.89 bits per heavy atom. The Hall–Kier alpha value is -5.52. The Balaban J connectivity index is 1.74. The van der Waals surface area contributed by atoms with Gasteiger partial charge in [-0.05, 0) is 30.9 Å². The summed E-state index contributed by atoms with van der Waals surface area (Å²) in [5, 5.41) is 44.5. The molecular weight excluding hydrogens is 612 g/mol. The van der Waals surface area contributed by atoms with E-state index in [1.165, 1.54) is 0 Å². The van der Waals surface area contributed by atoms with Gasteiger partial charge in [-0.25, -0.2) is 4.79 Å². The molecule has 10 N–H and O–H groups in total. The first kappa shape index (κ1) is 35.0. The lowest BCUT2D eigenvalue weighted by molar-refractivity contribution is -0.151. The second-order valence-electron chi connectivity index (χ2n) is 10.7. The number of carbonyl (C=O) groups is 8. The lowest BCUT2D eigenvalue weighted by atomic mass is 10.0. The molecule has 0 radical (unpaired) electrons. The van der Waals surface area contributed by atoms with E-state index in [0.29, 0.717) is 12.0 Å². The number of amides is 4. The van der Waals surface area contributed by atoms with Crippen LogP contribution in [0.2, 0.25) is 0 Å². The second kappa shape index (κ2) is 15.5. The van der Waals surface area contributed by atoms with E-state index in [9.17, 15) is 58.8 Å². The highest BCUT2D eigenvalue weighted by Gasteiger charge is 2.39. The van der Waals surface area contributed by atoms with Crippen LogP contribution in [0, 0.1) is 0 Å². The van der Waals surface area contributed by atoms with Gasteiger partial charge in [0.05, 0.1) is 25.3 Å². The van der Waals surface area contributed by atoms with E-state index in [0.717, 1.165) is 15.8 Å². The Bertz CT molecular complexity index is 1520. The molecule has 0 bridgehead atoms. The van der Waals surface area contributed by atoms with Crippen molar-refractivity contribution in [2.75, 3.05) is 6.54 Å². The quantitative estimate of drug-likeness (QED) is 0.0954. The Kier molecular flexibility index (Phi) is 11.8. The summed E-state index contributed by atoms with van der Waals surface area (Å²) in [4.78, 5) is 102. The molecule has 1 aliphatic rings. The number of fused-ring (bicyclic) bond motifs is 1. The first-order valence-corrected chi connectivity index (χ1v) is 14.1. The molecule has 0 unspecified atom stereocenters. The van der Waals surface area contributed by atoms with Crippen LogP contribution in [0.25, 0.3) is 10.9 Å². The second-order valence-corrected chi connectivity index (χ2v) is 10.7. The molecule has 0 saturated carbocycles. The van der Waals surface area contributed by atoms with Crippen LogP contribution in [-0.2, 0) is 44.8 Å². The maximum Gasteiger partial charge on any atom is 0.326 e. The Labute approximate surface area is 260 Å². The van der Waals surface area contributed by atoms with Crippen molar-refractivity contribution in [2.45, 2.75) is 68.7 Å². The molecule has 1 saturated heterocycles. The highest BCUT2D eigenvalue weighted by molar-refractivity contribution is 5.98. The number of aliphatic carboxylic acids is 4. The van der Waals surface area contributed by atoms with E-state index in [4.69, 9.17) is 5.73 Å². The van der Waals surface area contributed by atoms with Crippen molar-refractivity contribution in [3.8, 4) is 0 Å². The first-order chi connectivity index (χ1) is 21.7. The van der Waals surface area contributed by atoms with E-state index in [1.807, 2.05) is 5.32 Å². The molecule has 5 atom stereocenters. The highest BCUT2D eigenvalue weighted by atomic mass is 16.4. The number of carboxylic acid groups (broad SMARTS) is 4. The molecule has 4 amide bonds. The number of nitrogens with two attached hydrogens (primary N) is 1. The largest absolute Gasteiger partial charge is 0.481 e. The SMILES string of the molecule is N[C@@H](Cc1c[nH]c2ccccc12)C(=O)N[C@@H](CC(=O)O)C(=O)N[C@@H](CC(=O)O)C(=O)N[C@@H](CC(=O)O)C(=O)N1CCC[C@H]1C(=O)O. The molecule has 0 aliphatic carbocycles. The average molecular weight is 647 g/mol. The lowest BCUT2D eigenvalue weighted by Crippen LogP contribution is -2.59. The fraction of sp³-hybridized carbons (Fsp3) is 0.429. The van der Waals surface area contributed by atoms with Gasteiger partial charge in [-0.3, -0.25) is 33.6 Å². The average Bonchev–Trinajstić information content (AvgIpc) is 3.63. The minimum absolute atomic E-state index is 0.0000495. The zero-order chi connectivity index (χ0) is 34.1. The summed E-state index contributed by atoms with van der Waals surface area (Å²) < 4.78 is 0. The summed E-state index contributed by atoms with van der Waals surface area (Å²) in [5.74, 6) is -10.6. The minimum atomic E-state index is -1.96. The number of nitrogens with zero attached hydrogens (tertiary/aromatic N) is 1. The van der Waals surface area contributed by atoms with Crippen LogP contribution in [0.5, 0.6) is 0 Å². The number of rotatable bonds is 16. The number of H-pyrrole nitrogens is 1. The smallest absolute Gasteiger partial charge is 0.326 e. The van der Waals surface area contributed by atoms with Crippen molar-refractivity contribution in [2.24, 2.45) is 5.73 Å². The molecule has 1 aliphatic heterocycles. The number of carbonyl (C=O) groups excluding carboxylic acids is 4. The van der Waals surface area contributed by atoms with Gasteiger partial charge in [0.2, 0.25) is 23.6 Å². The maximum absolute atomic E-state index is 13.1. The molecule has 1 aromatic heterocycles. The Morgan fingerprint density at radius 1 is 0.804 bits per heavy atom. The van der Waals surface area contributed by atoms with Crippen LogP contribution in [0.1, 0.15) is 37.7 Å². The number of hydrogen-bond acceptors (Lipinski definition) is 9. The summed E-state index contributed by atoms with van der Waals surface area (Å²) in [7, 11) is 0. The summed E-state index contributed by atoms with van der Waals surface area (Å²) in [6, 6.07) is -0.936. The summed E-state index contributed by atoms with van der Waals surface area (Å²) in [6.07, 6.45) is -1.02. The van der Waals surface area contributed by atoms with Gasteiger partial charge in [-0.2, -0.15) is 0 Å². The molecule has 3 rings (SSSR count). The third-order valence-electron chi connectivity index (χ3n) is 7.29. The standard InChI is InChI=1S/C28H34N6O12/c29-15(8-13-12-30-16-5-2-1-4-14(13)16)24(41)31-17(9-21(35)36)25(42)32-18(10-22(37)38)26(43)33-19(11-23(39)40)27(44)34-7-3-6-20(34)28(45)46/h1-2,4-5,12,15,17-20,30H,3,6-11,29H2,(H,31,41)(H,32,42)(H,33,43)(H,35,36)(H,37,38)(H,39,40)(H,45,46)/t15-,17-,18-,19-,20-/m0/s1. The van der Waals surface area contributed by atoms with Crippen molar-refractivity contribution in [1.29, 1.82) is 0 Å². The third-order valence-corrected chi connectivity index (χ3v) is 7.29. The monoisotopic (exact) mass is 646 g/mol. The fourth-order valence-corrected chi connectivity index (χ4v) is 5.08. The topological polar surface area (TPSA) is 299 Å². The molecule has 1 fully saturated rings. The van der Waals surface area contributed by atoms with Crippen LogP contribution < -0.4 is 21.7 Å². The highest BCUT2D eigenvalue weighted by Crippen LogP contribution is 2.20. The van der Waals surface area contributed by atoms with Crippen LogP contribution >= 0.6 is 0 Å². The number of likely N-dealkylation sites (tertiary alicyclic amines) is 1. The van der Waals surface area contributed by atoms with Crippen molar-refractivity contribution >= 4 is 58.4 Å². The molecule has 2 aromatic rings. The lowest BCUT2D eigenvalue weighted by Gasteiger charge is -2.28. The van der Waals surface area contributed by atoms with Gasteiger partial charge in [0.1, 0.15) is 24.2 Å². The summed E-state index contributed by atoms with van der Waals surface area (Å²) in [6.45, 7) is -0.0317. The number of carboxylic acids is 4. The molecule has 0 spiro atoms. The van der Waals surface area contributed by atoms with Gasteiger partial charge in [0.15, 0.2) is 0 Å². The summed E-state index contributed by atoms with van der Waals surface area (Å²) in [5.41, 5.74) is 7.48.